The first kappa shape index (κ1) is 5.93. The first-order chi connectivity index (χ1) is 3.39. The highest BCUT2D eigenvalue weighted by Gasteiger charge is 2.12. The standard InChI is InChI=1S/B3H3IN3/c4-3-6-1-5-2-7-3/h5-7H. The SMILES string of the molecule is IB1N[B]N[B]N1. The number of hydrogen-bond donors (Lipinski definition) is 3. The Hall–Kier alpha value is 0.805. The smallest absolute Gasteiger partial charge is 0.358 e. The summed E-state index contributed by atoms with van der Waals surface area (Å²) in [6.45, 7) is 0. The fourth-order valence-electron chi connectivity index (χ4n) is 0.332. The molecule has 2 radical (unpaired) electrons. The van der Waals surface area contributed by atoms with E-state index >= 15 is 0 Å². The van der Waals surface area contributed by atoms with E-state index in [1.807, 2.05) is 0 Å². The maximum absolute atomic E-state index is 2.99. The van der Waals surface area contributed by atoms with Crippen molar-refractivity contribution in [1.29, 1.82) is 0 Å². The molecular formula is H3B3IN3. The summed E-state index contributed by atoms with van der Waals surface area (Å²) >= 11 is 2.23. The first-order valence-electron chi connectivity index (χ1n) is 1.95. The van der Waals surface area contributed by atoms with Gasteiger partial charge in [0.15, 0.2) is 0 Å². The fraction of sp³-hybridized carbons (Fsp3) is 0. The Morgan fingerprint density at radius 3 is 2.14 bits per heavy atom. The van der Waals surface area contributed by atoms with Crippen molar-refractivity contribution in [2.24, 2.45) is 0 Å². The lowest BCUT2D eigenvalue weighted by atomic mass is 9.85. The minimum atomic E-state index is 0.332. The van der Waals surface area contributed by atoms with Crippen LogP contribution in [-0.4, -0.2) is 19.9 Å². The van der Waals surface area contributed by atoms with Gasteiger partial charge < -0.3 is 15.4 Å². The van der Waals surface area contributed by atoms with Crippen LogP contribution < -0.4 is 15.4 Å². The molecule has 34 valence electrons. The third kappa shape index (κ3) is 2.03. The Kier molecular flexibility index (Phi) is 2.51. The molecule has 0 aromatic carbocycles. The van der Waals surface area contributed by atoms with E-state index in [0.717, 1.165) is 0 Å². The van der Waals surface area contributed by atoms with Crippen LogP contribution >= 0.6 is 22.4 Å². The molecule has 0 amide bonds. The lowest BCUT2D eigenvalue weighted by Crippen LogP contribution is -2.60. The van der Waals surface area contributed by atoms with Gasteiger partial charge in [0.25, 0.3) is 15.1 Å². The minimum absolute atomic E-state index is 0.332. The van der Waals surface area contributed by atoms with Crippen molar-refractivity contribution >= 4 is 42.3 Å². The third-order valence-electron chi connectivity index (χ3n) is 0.626. The van der Waals surface area contributed by atoms with E-state index in [1.54, 1.807) is 15.1 Å². The lowest BCUT2D eigenvalue weighted by Gasteiger charge is -2.14. The second kappa shape index (κ2) is 2.96. The average molecular weight is 204 g/mol. The second-order valence-corrected chi connectivity index (χ2v) is 2.40. The summed E-state index contributed by atoms with van der Waals surface area (Å²) in [7, 11) is 3.57. The highest BCUT2D eigenvalue weighted by atomic mass is 127. The Bertz CT molecular complexity index is 52.1. The number of hydrogen-bond acceptors (Lipinski definition) is 3. The van der Waals surface area contributed by atoms with Crippen LogP contribution in [0.15, 0.2) is 0 Å². The monoisotopic (exact) mass is 205 g/mol. The first-order valence-corrected chi connectivity index (χ1v) is 3.20. The molecule has 1 aliphatic rings. The molecule has 0 aromatic rings. The van der Waals surface area contributed by atoms with Gasteiger partial charge in [0, 0.05) is 0 Å². The van der Waals surface area contributed by atoms with E-state index in [4.69, 9.17) is 0 Å². The van der Waals surface area contributed by atoms with Crippen molar-refractivity contribution in [2.45, 2.75) is 0 Å². The van der Waals surface area contributed by atoms with Crippen molar-refractivity contribution < 1.29 is 0 Å². The summed E-state index contributed by atoms with van der Waals surface area (Å²) in [5.41, 5.74) is 0. The predicted octanol–water partition coefficient (Wildman–Crippen LogP) is -1.74. The van der Waals surface area contributed by atoms with Crippen LogP contribution in [0.4, 0.5) is 0 Å². The molecule has 0 unspecified atom stereocenters. The van der Waals surface area contributed by atoms with Crippen LogP contribution in [0.3, 0.4) is 0 Å². The van der Waals surface area contributed by atoms with Crippen molar-refractivity contribution in [1.82, 2.24) is 15.4 Å². The molecule has 3 nitrogen and oxygen atoms in total. The molecular weight excluding hydrogens is 201 g/mol. The third-order valence-corrected chi connectivity index (χ3v) is 1.35. The van der Waals surface area contributed by atoms with Crippen LogP contribution in [0.5, 0.6) is 0 Å². The zero-order valence-corrected chi connectivity index (χ0v) is 5.77. The molecule has 7 heavy (non-hydrogen) atoms. The molecule has 0 spiro atoms. The van der Waals surface area contributed by atoms with Gasteiger partial charge in [-0.1, -0.05) is 0 Å². The summed E-state index contributed by atoms with van der Waals surface area (Å²) < 4.78 is 0. The molecule has 7 heteroatoms. The fourth-order valence-corrected chi connectivity index (χ4v) is 0.692. The predicted molar refractivity (Wildman–Crippen MR) is 40.7 cm³/mol. The normalized spacial score (nSPS) is 20.4. The minimum Gasteiger partial charge on any atom is -0.379 e. The Morgan fingerprint density at radius 2 is 1.86 bits per heavy atom. The maximum atomic E-state index is 2.99. The van der Waals surface area contributed by atoms with Gasteiger partial charge >= 0.3 is 4.84 Å². The van der Waals surface area contributed by atoms with E-state index in [9.17, 15) is 0 Å². The van der Waals surface area contributed by atoms with Crippen LogP contribution in [0.2, 0.25) is 0 Å². The Labute approximate surface area is 57.9 Å². The molecule has 0 saturated carbocycles. The van der Waals surface area contributed by atoms with Gasteiger partial charge in [0.2, 0.25) is 0 Å². The van der Waals surface area contributed by atoms with Gasteiger partial charge in [0.1, 0.15) is 0 Å². The topological polar surface area (TPSA) is 36.1 Å². The van der Waals surface area contributed by atoms with E-state index in [-0.39, 0.29) is 0 Å². The largest absolute Gasteiger partial charge is 0.379 e. The molecule has 1 fully saturated rings. The molecule has 0 bridgehead atoms. The van der Waals surface area contributed by atoms with Gasteiger partial charge in [-0.3, -0.25) is 0 Å². The quantitative estimate of drug-likeness (QED) is 0.324. The Balaban J connectivity index is 2.12. The lowest BCUT2D eigenvalue weighted by molar-refractivity contribution is 1.28. The highest BCUT2D eigenvalue weighted by molar-refractivity contribution is 14.1. The van der Waals surface area contributed by atoms with E-state index in [2.05, 4.69) is 37.8 Å². The van der Waals surface area contributed by atoms with Crippen LogP contribution in [0.25, 0.3) is 0 Å². The average Bonchev–Trinajstić information content (AvgIpc) is 1.69. The molecule has 0 aromatic heterocycles. The van der Waals surface area contributed by atoms with Crippen molar-refractivity contribution in [3.8, 4) is 0 Å². The summed E-state index contributed by atoms with van der Waals surface area (Å²) in [4.78, 5) is 0.332. The van der Waals surface area contributed by atoms with Crippen molar-refractivity contribution in [3.05, 3.63) is 0 Å². The van der Waals surface area contributed by atoms with E-state index in [1.165, 1.54) is 0 Å². The highest BCUT2D eigenvalue weighted by Crippen LogP contribution is 1.81. The molecule has 0 aliphatic carbocycles. The van der Waals surface area contributed by atoms with Crippen molar-refractivity contribution in [2.75, 3.05) is 0 Å². The summed E-state index contributed by atoms with van der Waals surface area (Å²) in [6, 6.07) is 0. The zero-order chi connectivity index (χ0) is 5.11. The van der Waals surface area contributed by atoms with E-state index in [0.29, 0.717) is 4.84 Å². The van der Waals surface area contributed by atoms with Crippen molar-refractivity contribution in [3.63, 3.8) is 0 Å². The zero-order valence-electron chi connectivity index (χ0n) is 3.61. The number of nitrogens with one attached hydrogen (secondary N) is 3. The molecule has 1 rings (SSSR count). The summed E-state index contributed by atoms with van der Waals surface area (Å²) in [6.07, 6.45) is 0. The number of halogens is 1. The molecule has 1 saturated heterocycles. The summed E-state index contributed by atoms with van der Waals surface area (Å²) in [5, 5.41) is 8.82. The van der Waals surface area contributed by atoms with Crippen LogP contribution in [0.1, 0.15) is 0 Å². The molecule has 3 N–H and O–H groups in total. The van der Waals surface area contributed by atoms with Gasteiger partial charge in [-0.2, -0.15) is 0 Å². The molecule has 1 heterocycles. The number of rotatable bonds is 0. The van der Waals surface area contributed by atoms with Gasteiger partial charge in [0.05, 0.1) is 0 Å². The maximum Gasteiger partial charge on any atom is 0.358 e. The summed E-state index contributed by atoms with van der Waals surface area (Å²) in [5.74, 6) is 0. The van der Waals surface area contributed by atoms with Crippen LogP contribution in [0, 0.1) is 0 Å². The van der Waals surface area contributed by atoms with Gasteiger partial charge in [-0.05, 0) is 0 Å². The van der Waals surface area contributed by atoms with Gasteiger partial charge in [-0.15, -0.1) is 22.4 Å². The molecule has 1 aliphatic heterocycles. The van der Waals surface area contributed by atoms with E-state index < -0.39 is 0 Å². The molecule has 0 atom stereocenters. The van der Waals surface area contributed by atoms with Gasteiger partial charge in [-0.25, -0.2) is 0 Å². The Morgan fingerprint density at radius 1 is 1.29 bits per heavy atom. The van der Waals surface area contributed by atoms with Crippen LogP contribution in [-0.2, 0) is 0 Å². The second-order valence-electron chi connectivity index (χ2n) is 1.15.